The Bertz CT molecular complexity index is 1010. The van der Waals surface area contributed by atoms with Gasteiger partial charge in [0.15, 0.2) is 0 Å². The smallest absolute Gasteiger partial charge is 0.341 e. The highest BCUT2D eigenvalue weighted by Crippen LogP contribution is 2.28. The van der Waals surface area contributed by atoms with Gasteiger partial charge in [-0.1, -0.05) is 42.5 Å². The van der Waals surface area contributed by atoms with Crippen LogP contribution in [0.4, 0.5) is 0 Å². The third kappa shape index (κ3) is 6.12. The molecular weight excluding hydrogens is 432 g/mol. The van der Waals surface area contributed by atoms with Gasteiger partial charge in [-0.2, -0.15) is 0 Å². The molecule has 0 aliphatic heterocycles. The summed E-state index contributed by atoms with van der Waals surface area (Å²) in [4.78, 5) is 13.5. The minimum Gasteiger partial charge on any atom is -0.503 e. The first kappa shape index (κ1) is 22.9. The Morgan fingerprint density at radius 3 is 2.65 bits per heavy atom. The van der Waals surface area contributed by atoms with Gasteiger partial charge < -0.3 is 14.2 Å². The van der Waals surface area contributed by atoms with E-state index < -0.39 is 5.97 Å². The molecule has 4 nitrogen and oxygen atoms in total. The van der Waals surface area contributed by atoms with Crippen LogP contribution in [0.1, 0.15) is 27.5 Å². The van der Waals surface area contributed by atoms with Crippen LogP contribution in [0.15, 0.2) is 72.3 Å². The van der Waals surface area contributed by atoms with Crippen LogP contribution in [0.5, 0.6) is 5.75 Å². The summed E-state index contributed by atoms with van der Waals surface area (Å²) in [6.07, 6.45) is 2.24. The number of hydrogen-bond donors (Lipinski definition) is 0. The van der Waals surface area contributed by atoms with Crippen molar-refractivity contribution in [1.82, 2.24) is 0 Å². The van der Waals surface area contributed by atoms with E-state index in [1.807, 2.05) is 42.5 Å². The molecule has 2 aromatic carbocycles. The average Bonchev–Trinajstić information content (AvgIpc) is 3.34. The molecule has 1 heterocycles. The Balaban J connectivity index is 1.75. The molecule has 31 heavy (non-hydrogen) atoms. The van der Waals surface area contributed by atoms with Gasteiger partial charge in [0.2, 0.25) is 0 Å². The van der Waals surface area contributed by atoms with E-state index in [1.165, 1.54) is 30.9 Å². The SMILES string of the molecule is COC=C(C(=O)OC)c1ccccc1COc1cccc(CC(CCl)c2cccs2)c1. The van der Waals surface area contributed by atoms with Gasteiger partial charge in [-0.15, -0.1) is 22.9 Å². The van der Waals surface area contributed by atoms with Crippen LogP contribution in [0.3, 0.4) is 0 Å². The summed E-state index contributed by atoms with van der Waals surface area (Å²) in [6, 6.07) is 19.8. The zero-order chi connectivity index (χ0) is 22.1. The highest BCUT2D eigenvalue weighted by atomic mass is 35.5. The summed E-state index contributed by atoms with van der Waals surface area (Å²) in [6.45, 7) is 0.307. The van der Waals surface area contributed by atoms with E-state index in [1.54, 1.807) is 11.3 Å². The molecule has 0 bridgehead atoms. The Kier molecular flexibility index (Phi) is 8.56. The molecule has 3 aromatic rings. The number of benzene rings is 2. The van der Waals surface area contributed by atoms with Crippen molar-refractivity contribution in [3.8, 4) is 5.75 Å². The second-order valence-electron chi connectivity index (χ2n) is 6.92. The molecular formula is C25H25ClO4S. The fourth-order valence-corrected chi connectivity index (χ4v) is 4.52. The van der Waals surface area contributed by atoms with Gasteiger partial charge in [-0.25, -0.2) is 4.79 Å². The number of alkyl halides is 1. The van der Waals surface area contributed by atoms with Crippen LogP contribution >= 0.6 is 22.9 Å². The van der Waals surface area contributed by atoms with E-state index in [4.69, 9.17) is 25.8 Å². The number of carbonyl (C=O) groups is 1. The van der Waals surface area contributed by atoms with Crippen LogP contribution < -0.4 is 4.74 Å². The molecule has 0 fully saturated rings. The molecule has 1 aromatic heterocycles. The van der Waals surface area contributed by atoms with Crippen molar-refractivity contribution in [1.29, 1.82) is 0 Å². The van der Waals surface area contributed by atoms with Crippen LogP contribution in [-0.4, -0.2) is 26.1 Å². The predicted molar refractivity (Wildman–Crippen MR) is 126 cm³/mol. The number of esters is 1. The summed E-state index contributed by atoms with van der Waals surface area (Å²) in [7, 11) is 2.85. The molecule has 0 N–H and O–H groups in total. The van der Waals surface area contributed by atoms with E-state index in [0.717, 1.165) is 17.7 Å². The molecule has 0 aliphatic rings. The number of halogens is 1. The first-order valence-electron chi connectivity index (χ1n) is 9.87. The summed E-state index contributed by atoms with van der Waals surface area (Å²) >= 11 is 7.95. The lowest BCUT2D eigenvalue weighted by atomic mass is 9.99. The van der Waals surface area contributed by atoms with Crippen molar-refractivity contribution in [3.05, 3.63) is 93.9 Å². The number of hydrogen-bond acceptors (Lipinski definition) is 5. The predicted octanol–water partition coefficient (Wildman–Crippen LogP) is 6.05. The lowest BCUT2D eigenvalue weighted by molar-refractivity contribution is -0.133. The molecule has 1 unspecified atom stereocenters. The van der Waals surface area contributed by atoms with E-state index in [9.17, 15) is 4.79 Å². The minimum absolute atomic E-state index is 0.277. The monoisotopic (exact) mass is 456 g/mol. The van der Waals surface area contributed by atoms with E-state index >= 15 is 0 Å². The lowest BCUT2D eigenvalue weighted by Crippen LogP contribution is -2.08. The second-order valence-corrected chi connectivity index (χ2v) is 8.21. The standard InChI is InChI=1S/C25H25ClO4S/c1-28-17-23(25(27)29-2)22-10-4-3-8-19(22)16-30-21-9-5-7-18(14-21)13-20(15-26)24-11-6-12-31-24/h3-12,14,17,20H,13,15-16H2,1-2H3. The third-order valence-electron chi connectivity index (χ3n) is 4.86. The molecule has 0 saturated heterocycles. The minimum atomic E-state index is -0.461. The zero-order valence-corrected chi connectivity index (χ0v) is 19.1. The molecule has 0 amide bonds. The first-order chi connectivity index (χ1) is 15.2. The van der Waals surface area contributed by atoms with Crippen LogP contribution in [0, 0.1) is 0 Å². The van der Waals surface area contributed by atoms with Gasteiger partial charge in [0.1, 0.15) is 17.9 Å². The molecule has 0 spiro atoms. The quantitative estimate of drug-likeness (QED) is 0.161. The Morgan fingerprint density at radius 2 is 1.94 bits per heavy atom. The largest absolute Gasteiger partial charge is 0.503 e. The van der Waals surface area contributed by atoms with Crippen molar-refractivity contribution in [2.45, 2.75) is 18.9 Å². The maximum absolute atomic E-state index is 12.2. The zero-order valence-electron chi connectivity index (χ0n) is 17.5. The summed E-state index contributed by atoms with van der Waals surface area (Å²) in [5, 5.41) is 2.08. The number of methoxy groups -OCH3 is 2. The Hall–Kier alpha value is -2.76. The maximum atomic E-state index is 12.2. The van der Waals surface area contributed by atoms with Crippen molar-refractivity contribution < 1.29 is 19.0 Å². The molecule has 1 atom stereocenters. The summed E-state index contributed by atoms with van der Waals surface area (Å²) < 4.78 is 16.0. The fraction of sp³-hybridized carbons (Fsp3) is 0.240. The fourth-order valence-electron chi connectivity index (χ4n) is 3.32. The van der Waals surface area contributed by atoms with Crippen molar-refractivity contribution in [2.75, 3.05) is 20.1 Å². The number of ether oxygens (including phenoxy) is 3. The highest BCUT2D eigenvalue weighted by molar-refractivity contribution is 7.10. The highest BCUT2D eigenvalue weighted by Gasteiger charge is 2.17. The molecule has 6 heteroatoms. The van der Waals surface area contributed by atoms with Gasteiger partial charge in [0, 0.05) is 16.7 Å². The Labute approximate surface area is 192 Å². The van der Waals surface area contributed by atoms with Crippen LogP contribution in [0.2, 0.25) is 0 Å². The average molecular weight is 457 g/mol. The van der Waals surface area contributed by atoms with Crippen LogP contribution in [0.25, 0.3) is 5.57 Å². The van der Waals surface area contributed by atoms with Gasteiger partial charge in [0.25, 0.3) is 0 Å². The van der Waals surface area contributed by atoms with E-state index in [-0.39, 0.29) is 5.92 Å². The van der Waals surface area contributed by atoms with E-state index in [0.29, 0.717) is 23.6 Å². The molecule has 0 radical (unpaired) electrons. The first-order valence-corrected chi connectivity index (χ1v) is 11.3. The van der Waals surface area contributed by atoms with Gasteiger partial charge in [-0.3, -0.25) is 0 Å². The molecule has 0 saturated carbocycles. The van der Waals surface area contributed by atoms with Crippen molar-refractivity contribution >= 4 is 34.5 Å². The number of carbonyl (C=O) groups excluding carboxylic acids is 1. The lowest BCUT2D eigenvalue weighted by Gasteiger charge is -2.15. The van der Waals surface area contributed by atoms with Crippen LogP contribution in [-0.2, 0) is 27.3 Å². The number of thiophene rings is 1. The topological polar surface area (TPSA) is 44.8 Å². The molecule has 3 rings (SSSR count). The van der Waals surface area contributed by atoms with Crippen molar-refractivity contribution in [2.24, 2.45) is 0 Å². The second kappa shape index (κ2) is 11.6. The third-order valence-corrected chi connectivity index (χ3v) is 6.26. The van der Waals surface area contributed by atoms with E-state index in [2.05, 4.69) is 23.6 Å². The molecule has 0 aliphatic carbocycles. The Morgan fingerprint density at radius 1 is 1.10 bits per heavy atom. The summed E-state index contributed by atoms with van der Waals surface area (Å²) in [5.74, 6) is 1.15. The van der Waals surface area contributed by atoms with Gasteiger partial charge >= 0.3 is 5.97 Å². The van der Waals surface area contributed by atoms with Crippen molar-refractivity contribution in [3.63, 3.8) is 0 Å². The van der Waals surface area contributed by atoms with Gasteiger partial charge in [0.05, 0.1) is 20.5 Å². The maximum Gasteiger partial charge on any atom is 0.341 e. The summed E-state index contributed by atoms with van der Waals surface area (Å²) in [5.41, 5.74) is 3.09. The number of rotatable bonds is 10. The molecule has 162 valence electrons. The normalized spacial score (nSPS) is 12.3. The van der Waals surface area contributed by atoms with Gasteiger partial charge in [-0.05, 0) is 46.7 Å².